The summed E-state index contributed by atoms with van der Waals surface area (Å²) < 4.78 is 9.86. The number of benzene rings is 2. The fraction of sp³-hybridized carbons (Fsp3) is 0.250. The molecule has 1 aliphatic heterocycles. The van der Waals surface area contributed by atoms with E-state index in [-0.39, 0.29) is 22.9 Å². The van der Waals surface area contributed by atoms with Gasteiger partial charge in [-0.25, -0.2) is 4.79 Å². The normalized spacial score (nSPS) is 13.3. The number of ketones is 1. The molecular weight excluding hydrogens is 380 g/mol. The van der Waals surface area contributed by atoms with Gasteiger partial charge in [0.1, 0.15) is 0 Å². The number of nitro benzene ring substituents is 1. The molecule has 1 saturated heterocycles. The third kappa shape index (κ3) is 4.40. The van der Waals surface area contributed by atoms with E-state index in [2.05, 4.69) is 0 Å². The number of nitro groups is 1. The maximum absolute atomic E-state index is 12.3. The quantitative estimate of drug-likeness (QED) is 0.305. The summed E-state index contributed by atoms with van der Waals surface area (Å²) in [5, 5.41) is 11.0. The highest BCUT2D eigenvalue weighted by molar-refractivity contribution is 6.00. The van der Waals surface area contributed by atoms with E-state index in [0.717, 1.165) is 12.5 Å². The zero-order chi connectivity index (χ0) is 21.0. The largest absolute Gasteiger partial charge is 0.490 e. The van der Waals surface area contributed by atoms with Crippen LogP contribution in [0, 0.1) is 10.1 Å². The summed E-state index contributed by atoms with van der Waals surface area (Å²) in [4.78, 5) is 48.2. The Kier molecular flexibility index (Phi) is 5.87. The van der Waals surface area contributed by atoms with Crippen LogP contribution in [0.5, 0.6) is 5.75 Å². The van der Waals surface area contributed by atoms with E-state index in [1.165, 1.54) is 19.2 Å². The number of carbonyl (C=O) groups excluding carboxylic acids is 3. The van der Waals surface area contributed by atoms with Crippen LogP contribution in [0.15, 0.2) is 42.5 Å². The Morgan fingerprint density at radius 2 is 1.83 bits per heavy atom. The van der Waals surface area contributed by atoms with Crippen LogP contribution in [0.4, 0.5) is 11.4 Å². The highest BCUT2D eigenvalue weighted by atomic mass is 16.6. The van der Waals surface area contributed by atoms with E-state index < -0.39 is 23.3 Å². The molecule has 9 heteroatoms. The summed E-state index contributed by atoms with van der Waals surface area (Å²) >= 11 is 0. The number of carbonyl (C=O) groups is 3. The lowest BCUT2D eigenvalue weighted by Gasteiger charge is -2.15. The number of hydrogen-bond donors (Lipinski definition) is 0. The summed E-state index contributed by atoms with van der Waals surface area (Å²) in [6, 6.07) is 10.1. The number of amides is 1. The molecule has 0 N–H and O–H groups in total. The van der Waals surface area contributed by atoms with Crippen molar-refractivity contribution in [2.75, 3.05) is 25.2 Å². The van der Waals surface area contributed by atoms with Gasteiger partial charge in [0, 0.05) is 30.3 Å². The molecule has 0 aromatic heterocycles. The van der Waals surface area contributed by atoms with E-state index >= 15 is 0 Å². The van der Waals surface area contributed by atoms with Gasteiger partial charge in [0.2, 0.25) is 5.91 Å². The molecule has 1 heterocycles. The highest BCUT2D eigenvalue weighted by Gasteiger charge is 2.22. The molecule has 0 atom stereocenters. The van der Waals surface area contributed by atoms with Crippen LogP contribution in [-0.2, 0) is 9.53 Å². The first-order valence-electron chi connectivity index (χ1n) is 8.84. The molecule has 150 valence electrons. The Labute approximate surface area is 166 Å². The second-order valence-electron chi connectivity index (χ2n) is 6.34. The first-order valence-corrected chi connectivity index (χ1v) is 8.84. The maximum atomic E-state index is 12.3. The minimum atomic E-state index is -0.858. The van der Waals surface area contributed by atoms with Crippen molar-refractivity contribution in [2.24, 2.45) is 0 Å². The van der Waals surface area contributed by atoms with Crippen LogP contribution in [0.25, 0.3) is 0 Å². The van der Waals surface area contributed by atoms with Crippen LogP contribution in [0.2, 0.25) is 0 Å². The van der Waals surface area contributed by atoms with Crippen LogP contribution in [0.3, 0.4) is 0 Å². The molecule has 0 spiro atoms. The average molecular weight is 398 g/mol. The van der Waals surface area contributed by atoms with Gasteiger partial charge in [0.15, 0.2) is 18.1 Å². The molecule has 1 fully saturated rings. The second kappa shape index (κ2) is 8.51. The monoisotopic (exact) mass is 398 g/mol. The number of ether oxygens (including phenoxy) is 2. The molecule has 0 bridgehead atoms. The summed E-state index contributed by atoms with van der Waals surface area (Å²) in [5.74, 6) is -1.23. The maximum Gasteiger partial charge on any atom is 0.338 e. The number of Topliss-reactive ketones (excluding diaryl/α,β-unsaturated/α-hetero) is 1. The van der Waals surface area contributed by atoms with E-state index in [1.807, 2.05) is 0 Å². The van der Waals surface area contributed by atoms with E-state index in [4.69, 9.17) is 9.47 Å². The first kappa shape index (κ1) is 20.0. The van der Waals surface area contributed by atoms with Crippen molar-refractivity contribution in [3.05, 3.63) is 63.7 Å². The molecule has 0 aliphatic carbocycles. The van der Waals surface area contributed by atoms with Crippen molar-refractivity contribution < 1.29 is 28.8 Å². The highest BCUT2D eigenvalue weighted by Crippen LogP contribution is 2.28. The number of esters is 1. The lowest BCUT2D eigenvalue weighted by Crippen LogP contribution is -2.23. The van der Waals surface area contributed by atoms with Crippen molar-refractivity contribution in [3.8, 4) is 5.75 Å². The smallest absolute Gasteiger partial charge is 0.338 e. The van der Waals surface area contributed by atoms with Crippen molar-refractivity contribution in [2.45, 2.75) is 12.8 Å². The van der Waals surface area contributed by atoms with Crippen LogP contribution in [-0.4, -0.2) is 42.8 Å². The molecule has 2 aromatic rings. The predicted octanol–water partition coefficient (Wildman–Crippen LogP) is 2.77. The number of rotatable bonds is 7. The minimum absolute atomic E-state index is 0.0131. The van der Waals surface area contributed by atoms with Crippen LogP contribution in [0.1, 0.15) is 33.6 Å². The molecule has 3 rings (SSSR count). The summed E-state index contributed by atoms with van der Waals surface area (Å²) in [6.07, 6.45) is 1.32. The van der Waals surface area contributed by atoms with Gasteiger partial charge in [-0.1, -0.05) is 0 Å². The van der Waals surface area contributed by atoms with Gasteiger partial charge in [-0.05, 0) is 42.8 Å². The zero-order valence-corrected chi connectivity index (χ0v) is 15.6. The first-order chi connectivity index (χ1) is 13.9. The van der Waals surface area contributed by atoms with Crippen molar-refractivity contribution in [1.29, 1.82) is 0 Å². The van der Waals surface area contributed by atoms with Gasteiger partial charge in [-0.3, -0.25) is 19.7 Å². The number of anilines is 1. The lowest BCUT2D eigenvalue weighted by molar-refractivity contribution is -0.385. The van der Waals surface area contributed by atoms with Gasteiger partial charge in [0.25, 0.3) is 0 Å². The Morgan fingerprint density at radius 3 is 2.41 bits per heavy atom. The van der Waals surface area contributed by atoms with Crippen LogP contribution >= 0.6 is 0 Å². The number of nitrogens with zero attached hydrogens (tertiary/aromatic N) is 2. The molecule has 29 heavy (non-hydrogen) atoms. The van der Waals surface area contributed by atoms with E-state index in [1.54, 1.807) is 29.2 Å². The standard InChI is InChI=1S/C20H18N2O7/c1-28-18-9-6-14(11-16(18)22(26)27)20(25)29-12-17(23)13-4-7-15(8-5-13)21-10-2-3-19(21)24/h4-9,11H,2-3,10,12H2,1H3. The molecule has 0 saturated carbocycles. The zero-order valence-electron chi connectivity index (χ0n) is 15.6. The second-order valence-corrected chi connectivity index (χ2v) is 6.34. The van der Waals surface area contributed by atoms with Gasteiger partial charge < -0.3 is 14.4 Å². The Hall–Kier alpha value is -3.75. The molecule has 0 radical (unpaired) electrons. The molecule has 1 amide bonds. The van der Waals surface area contributed by atoms with Crippen molar-refractivity contribution in [1.82, 2.24) is 0 Å². The fourth-order valence-corrected chi connectivity index (χ4v) is 3.01. The van der Waals surface area contributed by atoms with Crippen LogP contribution < -0.4 is 9.64 Å². The fourth-order valence-electron chi connectivity index (χ4n) is 3.01. The number of hydrogen-bond acceptors (Lipinski definition) is 7. The van der Waals surface area contributed by atoms with Gasteiger partial charge in [0.05, 0.1) is 17.6 Å². The third-order valence-corrected chi connectivity index (χ3v) is 4.52. The van der Waals surface area contributed by atoms with Crippen molar-refractivity contribution >= 4 is 29.0 Å². The average Bonchev–Trinajstić information content (AvgIpc) is 3.17. The predicted molar refractivity (Wildman–Crippen MR) is 102 cm³/mol. The third-order valence-electron chi connectivity index (χ3n) is 4.52. The molecule has 0 unspecified atom stereocenters. The SMILES string of the molecule is COc1ccc(C(=O)OCC(=O)c2ccc(N3CCCC3=O)cc2)cc1[N+](=O)[O-]. The molecule has 1 aliphatic rings. The van der Waals surface area contributed by atoms with Gasteiger partial charge in [-0.15, -0.1) is 0 Å². The minimum Gasteiger partial charge on any atom is -0.490 e. The van der Waals surface area contributed by atoms with Gasteiger partial charge >= 0.3 is 11.7 Å². The lowest BCUT2D eigenvalue weighted by atomic mass is 10.1. The topological polar surface area (TPSA) is 116 Å². The number of methoxy groups -OCH3 is 1. The molecule has 9 nitrogen and oxygen atoms in total. The van der Waals surface area contributed by atoms with Crippen molar-refractivity contribution in [3.63, 3.8) is 0 Å². The Bertz CT molecular complexity index is 969. The molecule has 2 aromatic carbocycles. The summed E-state index contributed by atoms with van der Waals surface area (Å²) in [7, 11) is 1.28. The molecular formula is C20H18N2O7. The summed E-state index contributed by atoms with van der Waals surface area (Å²) in [5.41, 5.74) is 0.606. The Morgan fingerprint density at radius 1 is 1.14 bits per heavy atom. The van der Waals surface area contributed by atoms with E-state index in [9.17, 15) is 24.5 Å². The van der Waals surface area contributed by atoms with Gasteiger partial charge in [-0.2, -0.15) is 0 Å². The Balaban J connectivity index is 1.63. The summed E-state index contributed by atoms with van der Waals surface area (Å²) in [6.45, 7) is 0.137. The van der Waals surface area contributed by atoms with E-state index in [0.29, 0.717) is 24.2 Å².